The van der Waals surface area contributed by atoms with Crippen LogP contribution in [0, 0.1) is 18.8 Å². The monoisotopic (exact) mass is 555 g/mol. The van der Waals surface area contributed by atoms with E-state index >= 15 is 0 Å². The molecule has 4 unspecified atom stereocenters. The fourth-order valence-electron chi connectivity index (χ4n) is 6.61. The Morgan fingerprint density at radius 3 is 2.95 bits per heavy atom. The first kappa shape index (κ1) is 29.5. The van der Waals surface area contributed by atoms with Crippen LogP contribution in [0.25, 0.3) is 0 Å². The number of aliphatic hydroxyl groups excluding tert-OH is 1. The number of fused-ring (bicyclic) bond motifs is 1. The Bertz CT molecular complexity index is 1050. The van der Waals surface area contributed by atoms with Gasteiger partial charge >= 0.3 is 0 Å². The maximum absolute atomic E-state index is 13.1. The van der Waals surface area contributed by atoms with Crippen molar-refractivity contribution < 1.29 is 19.5 Å². The largest absolute Gasteiger partial charge is 0.493 e. The van der Waals surface area contributed by atoms with E-state index in [2.05, 4.69) is 53.9 Å². The molecule has 1 saturated carbocycles. The second-order valence-corrected chi connectivity index (χ2v) is 12.5. The predicted octanol–water partition coefficient (Wildman–Crippen LogP) is 2.87. The highest BCUT2D eigenvalue weighted by Gasteiger charge is 2.39. The predicted molar refractivity (Wildman–Crippen MR) is 156 cm³/mol. The lowest BCUT2D eigenvalue weighted by Gasteiger charge is -2.42. The van der Waals surface area contributed by atoms with Gasteiger partial charge < -0.3 is 20.0 Å². The normalized spacial score (nSPS) is 29.6. The topological polar surface area (TPSA) is 107 Å². The zero-order valence-corrected chi connectivity index (χ0v) is 24.6. The van der Waals surface area contributed by atoms with Crippen LogP contribution in [0.15, 0.2) is 17.1 Å². The van der Waals surface area contributed by atoms with E-state index in [9.17, 15) is 9.90 Å². The third-order valence-corrected chi connectivity index (χ3v) is 9.35. The average molecular weight is 556 g/mol. The molecule has 0 spiro atoms. The number of hydrogen-bond donors (Lipinski definition) is 4. The Kier molecular flexibility index (Phi) is 9.79. The Hall–Kier alpha value is -2.04. The van der Waals surface area contributed by atoms with Crippen molar-refractivity contribution in [1.29, 1.82) is 0 Å². The zero-order chi connectivity index (χ0) is 28.1. The number of hydroxylamine groups is 1. The van der Waals surface area contributed by atoms with E-state index in [1.807, 2.05) is 6.21 Å². The molecule has 9 heteroatoms. The summed E-state index contributed by atoms with van der Waals surface area (Å²) in [7, 11) is 0. The summed E-state index contributed by atoms with van der Waals surface area (Å²) in [4.78, 5) is 25.6. The van der Waals surface area contributed by atoms with Crippen LogP contribution in [0.5, 0.6) is 5.75 Å². The van der Waals surface area contributed by atoms with Crippen LogP contribution in [-0.2, 0) is 22.6 Å². The molecule has 3 heterocycles. The SMILES string of the molecule is CCCC1(NC2CCC2)CC(C(=O)NC[C@H](O)CN2CCc3c(ccc(OCC4CONC4C)c3C)C2)CC=N1. The number of carbonyl (C=O) groups excluding carboxylic acids is 1. The fraction of sp³-hybridized carbons (Fsp3) is 0.742. The minimum absolute atomic E-state index is 0.0302. The summed E-state index contributed by atoms with van der Waals surface area (Å²) in [5, 5.41) is 17.6. The second kappa shape index (κ2) is 13.3. The number of nitrogens with zero attached hydrogens (tertiary/aromatic N) is 2. The molecule has 3 aliphatic heterocycles. The number of benzene rings is 1. The molecule has 1 aliphatic carbocycles. The molecule has 4 N–H and O–H groups in total. The average Bonchev–Trinajstić information content (AvgIpc) is 3.34. The summed E-state index contributed by atoms with van der Waals surface area (Å²) in [5.74, 6) is 1.23. The third-order valence-electron chi connectivity index (χ3n) is 9.35. The lowest BCUT2D eigenvalue weighted by molar-refractivity contribution is -0.126. The highest BCUT2D eigenvalue weighted by Crippen LogP contribution is 2.33. The molecule has 222 valence electrons. The van der Waals surface area contributed by atoms with Crippen molar-refractivity contribution in [2.45, 2.75) is 103 Å². The lowest BCUT2D eigenvalue weighted by Crippen LogP contribution is -2.55. The molecule has 1 saturated heterocycles. The molecule has 0 radical (unpaired) electrons. The molecule has 5 atom stereocenters. The van der Waals surface area contributed by atoms with E-state index in [4.69, 9.17) is 14.6 Å². The van der Waals surface area contributed by atoms with Crippen LogP contribution in [0.3, 0.4) is 0 Å². The van der Waals surface area contributed by atoms with Gasteiger partial charge in [0.25, 0.3) is 0 Å². The van der Waals surface area contributed by atoms with Crippen molar-refractivity contribution in [1.82, 2.24) is 21.0 Å². The summed E-state index contributed by atoms with van der Waals surface area (Å²) >= 11 is 0. The Morgan fingerprint density at radius 1 is 1.38 bits per heavy atom. The summed E-state index contributed by atoms with van der Waals surface area (Å²) in [5.41, 5.74) is 6.55. The van der Waals surface area contributed by atoms with Crippen LogP contribution in [-0.4, -0.2) is 78.8 Å². The molecule has 9 nitrogen and oxygen atoms in total. The van der Waals surface area contributed by atoms with E-state index in [1.54, 1.807) is 0 Å². The molecule has 0 bridgehead atoms. The van der Waals surface area contributed by atoms with E-state index in [0.717, 1.165) is 44.5 Å². The number of amides is 1. The smallest absolute Gasteiger partial charge is 0.223 e. The fourth-order valence-corrected chi connectivity index (χ4v) is 6.61. The number of ether oxygens (including phenoxy) is 1. The van der Waals surface area contributed by atoms with Crippen molar-refractivity contribution in [3.05, 3.63) is 28.8 Å². The summed E-state index contributed by atoms with van der Waals surface area (Å²) in [6.07, 6.45) is 9.31. The molecule has 1 aromatic carbocycles. The van der Waals surface area contributed by atoms with Gasteiger partial charge in [-0.1, -0.05) is 25.8 Å². The van der Waals surface area contributed by atoms with E-state index in [0.29, 0.717) is 44.2 Å². The molecular weight excluding hydrogens is 506 g/mol. The van der Waals surface area contributed by atoms with Crippen molar-refractivity contribution in [3.8, 4) is 5.75 Å². The number of rotatable bonds is 12. The van der Waals surface area contributed by atoms with Gasteiger partial charge in [-0.25, -0.2) is 0 Å². The molecule has 5 rings (SSSR count). The van der Waals surface area contributed by atoms with E-state index < -0.39 is 6.10 Å². The van der Waals surface area contributed by atoms with Crippen LogP contribution in [0.4, 0.5) is 0 Å². The Balaban J connectivity index is 1.08. The number of nitrogens with one attached hydrogen (secondary N) is 3. The maximum atomic E-state index is 13.1. The molecule has 0 aromatic heterocycles. The molecule has 2 fully saturated rings. The van der Waals surface area contributed by atoms with Gasteiger partial charge in [-0.3, -0.25) is 20.0 Å². The van der Waals surface area contributed by atoms with Crippen LogP contribution in [0.1, 0.15) is 75.5 Å². The molecule has 40 heavy (non-hydrogen) atoms. The summed E-state index contributed by atoms with van der Waals surface area (Å²) < 4.78 is 6.18. The van der Waals surface area contributed by atoms with Crippen LogP contribution in [0.2, 0.25) is 0 Å². The van der Waals surface area contributed by atoms with Gasteiger partial charge in [-0.05, 0) is 75.1 Å². The van der Waals surface area contributed by atoms with E-state index in [-0.39, 0.29) is 24.0 Å². The summed E-state index contributed by atoms with van der Waals surface area (Å²) in [6.45, 7) is 10.3. The van der Waals surface area contributed by atoms with Crippen LogP contribution < -0.4 is 20.9 Å². The highest BCUT2D eigenvalue weighted by atomic mass is 16.7. The number of β-amino-alcohol motifs (C(OH)–C–C–N with tert-alkyl or cyclic N) is 1. The Morgan fingerprint density at radius 2 is 2.23 bits per heavy atom. The number of carbonyl (C=O) groups is 1. The number of aliphatic hydroxyl groups is 1. The standard InChI is InChI=1S/C31H49N5O4/c1-4-12-31(34-26-6-5-7-26)15-23(10-13-33-31)30(38)32-16-27(37)18-36-14-11-28-21(2)29(9-8-24(28)17-36)39-19-25-20-40-35-22(25)3/h8-9,13,22-23,25-27,34-35,37H,4-7,10-12,14-20H2,1-3H3,(H,32,38)/t22?,23?,25?,27-,31?/m0/s1. The van der Waals surface area contributed by atoms with Gasteiger partial charge in [-0.2, -0.15) is 5.48 Å². The second-order valence-electron chi connectivity index (χ2n) is 12.5. The van der Waals surface area contributed by atoms with Crippen LogP contribution >= 0.6 is 0 Å². The number of aliphatic imine (C=N–C) groups is 1. The summed E-state index contributed by atoms with van der Waals surface area (Å²) in [6, 6.07) is 5.06. The molecule has 4 aliphatic rings. The lowest BCUT2D eigenvalue weighted by atomic mass is 9.83. The quantitative estimate of drug-likeness (QED) is 0.314. The third kappa shape index (κ3) is 7.05. The Labute approximate surface area is 239 Å². The van der Waals surface area contributed by atoms with Crippen molar-refractivity contribution in [3.63, 3.8) is 0 Å². The van der Waals surface area contributed by atoms with Gasteiger partial charge in [0.2, 0.25) is 5.91 Å². The first-order valence-corrected chi connectivity index (χ1v) is 15.5. The van der Waals surface area contributed by atoms with E-state index in [1.165, 1.54) is 36.0 Å². The minimum Gasteiger partial charge on any atom is -0.493 e. The van der Waals surface area contributed by atoms with Gasteiger partial charge in [0.05, 0.1) is 19.3 Å². The first-order valence-electron chi connectivity index (χ1n) is 15.5. The van der Waals surface area contributed by atoms with Gasteiger partial charge in [-0.15, -0.1) is 0 Å². The number of hydrogen-bond acceptors (Lipinski definition) is 8. The zero-order valence-electron chi connectivity index (χ0n) is 24.6. The van der Waals surface area contributed by atoms with Crippen molar-refractivity contribution in [2.75, 3.05) is 32.8 Å². The minimum atomic E-state index is -0.607. The maximum Gasteiger partial charge on any atom is 0.223 e. The molecule has 1 amide bonds. The van der Waals surface area contributed by atoms with Gasteiger partial charge in [0.1, 0.15) is 11.4 Å². The highest BCUT2D eigenvalue weighted by molar-refractivity contribution is 5.82. The van der Waals surface area contributed by atoms with Gasteiger partial charge in [0.15, 0.2) is 0 Å². The first-order chi connectivity index (χ1) is 19.4. The molecular formula is C31H49N5O4. The van der Waals surface area contributed by atoms with Crippen molar-refractivity contribution >= 4 is 12.1 Å². The molecule has 1 aromatic rings. The van der Waals surface area contributed by atoms with Crippen molar-refractivity contribution in [2.24, 2.45) is 16.8 Å². The van der Waals surface area contributed by atoms with Gasteiger partial charge in [0, 0.05) is 56.3 Å².